The van der Waals surface area contributed by atoms with Gasteiger partial charge in [0, 0.05) is 24.4 Å². The molecule has 3 rings (SSSR count). The summed E-state index contributed by atoms with van der Waals surface area (Å²) < 4.78 is 12.2. The van der Waals surface area contributed by atoms with Gasteiger partial charge in [0.2, 0.25) is 5.91 Å². The maximum Gasteiger partial charge on any atom is 0.250 e. The van der Waals surface area contributed by atoms with E-state index >= 15 is 0 Å². The molecule has 1 aliphatic heterocycles. The summed E-state index contributed by atoms with van der Waals surface area (Å²) in [6.07, 6.45) is 3.41. The van der Waals surface area contributed by atoms with Gasteiger partial charge in [-0.3, -0.25) is 9.59 Å². The second-order valence-electron chi connectivity index (χ2n) is 6.02. The highest BCUT2D eigenvalue weighted by atomic mass is 16.5. The third-order valence-corrected chi connectivity index (χ3v) is 4.57. The molecule has 132 valence electrons. The Balaban J connectivity index is 1.86. The van der Waals surface area contributed by atoms with Crippen molar-refractivity contribution in [2.75, 3.05) is 20.8 Å². The van der Waals surface area contributed by atoms with Crippen molar-refractivity contribution in [1.29, 1.82) is 0 Å². The number of benzene rings is 1. The van der Waals surface area contributed by atoms with Crippen LogP contribution in [-0.4, -0.2) is 36.1 Å². The normalized spacial score (nSPS) is 16.7. The summed E-state index contributed by atoms with van der Waals surface area (Å²) in [7, 11) is 3.24. The van der Waals surface area contributed by atoms with E-state index in [4.69, 9.17) is 9.47 Å². The standard InChI is InChI=1S/C19H22N2O4/c1-24-14-8-9-17(25-2)15(12-14)16-6-5-11-21(16)19(23)13-20-10-4-3-7-18(20)22/h3-4,7-10,12,16H,5-6,11,13H2,1-2H3. The molecule has 6 heteroatoms. The molecule has 0 aliphatic carbocycles. The zero-order valence-corrected chi connectivity index (χ0v) is 14.5. The molecule has 1 aromatic heterocycles. The van der Waals surface area contributed by atoms with Crippen molar-refractivity contribution in [3.8, 4) is 11.5 Å². The lowest BCUT2D eigenvalue weighted by Crippen LogP contribution is -2.36. The van der Waals surface area contributed by atoms with Gasteiger partial charge in [-0.15, -0.1) is 0 Å². The summed E-state index contributed by atoms with van der Waals surface area (Å²) in [6.45, 7) is 0.716. The van der Waals surface area contributed by atoms with Crippen LogP contribution in [0.15, 0.2) is 47.4 Å². The highest BCUT2D eigenvalue weighted by Gasteiger charge is 2.32. The van der Waals surface area contributed by atoms with E-state index in [1.165, 1.54) is 10.6 Å². The van der Waals surface area contributed by atoms with Crippen molar-refractivity contribution in [3.05, 3.63) is 58.5 Å². The number of pyridine rings is 1. The minimum atomic E-state index is -0.175. The van der Waals surface area contributed by atoms with Crippen LogP contribution < -0.4 is 15.0 Å². The number of carbonyl (C=O) groups is 1. The number of hydrogen-bond acceptors (Lipinski definition) is 4. The molecule has 1 aliphatic rings. The Kier molecular flexibility index (Phi) is 5.07. The highest BCUT2D eigenvalue weighted by Crippen LogP contribution is 2.38. The van der Waals surface area contributed by atoms with Crippen LogP contribution >= 0.6 is 0 Å². The maximum absolute atomic E-state index is 12.8. The van der Waals surface area contributed by atoms with Crippen LogP contribution in [0.3, 0.4) is 0 Å². The number of rotatable bonds is 5. The Morgan fingerprint density at radius 3 is 2.76 bits per heavy atom. The largest absolute Gasteiger partial charge is 0.497 e. The SMILES string of the molecule is COc1ccc(OC)c(C2CCCN2C(=O)Cn2ccccc2=O)c1. The number of hydrogen-bond donors (Lipinski definition) is 0. The molecule has 1 fully saturated rings. The van der Waals surface area contributed by atoms with E-state index in [0.29, 0.717) is 6.54 Å². The van der Waals surface area contributed by atoms with E-state index in [-0.39, 0.29) is 24.1 Å². The zero-order chi connectivity index (χ0) is 17.8. The second kappa shape index (κ2) is 7.42. The quantitative estimate of drug-likeness (QED) is 0.836. The smallest absolute Gasteiger partial charge is 0.250 e. The van der Waals surface area contributed by atoms with Gasteiger partial charge in [-0.05, 0) is 37.1 Å². The van der Waals surface area contributed by atoms with Crippen molar-refractivity contribution in [1.82, 2.24) is 9.47 Å². The van der Waals surface area contributed by atoms with E-state index in [1.807, 2.05) is 23.1 Å². The lowest BCUT2D eigenvalue weighted by Gasteiger charge is -2.27. The van der Waals surface area contributed by atoms with Gasteiger partial charge >= 0.3 is 0 Å². The van der Waals surface area contributed by atoms with Crippen molar-refractivity contribution in [3.63, 3.8) is 0 Å². The van der Waals surface area contributed by atoms with Gasteiger partial charge in [-0.1, -0.05) is 6.07 Å². The first-order chi connectivity index (χ1) is 12.1. The first-order valence-electron chi connectivity index (χ1n) is 8.31. The van der Waals surface area contributed by atoms with Crippen LogP contribution in [-0.2, 0) is 11.3 Å². The van der Waals surface area contributed by atoms with Gasteiger partial charge in [0.1, 0.15) is 18.0 Å². The average molecular weight is 342 g/mol. The topological polar surface area (TPSA) is 60.8 Å². The van der Waals surface area contributed by atoms with E-state index in [2.05, 4.69) is 0 Å². The molecule has 2 aromatic rings. The highest BCUT2D eigenvalue weighted by molar-refractivity contribution is 5.77. The van der Waals surface area contributed by atoms with Crippen molar-refractivity contribution >= 4 is 5.91 Å². The monoisotopic (exact) mass is 342 g/mol. The molecule has 1 unspecified atom stereocenters. The Morgan fingerprint density at radius 2 is 2.04 bits per heavy atom. The van der Waals surface area contributed by atoms with Crippen LogP contribution in [0.25, 0.3) is 0 Å². The molecule has 6 nitrogen and oxygen atoms in total. The van der Waals surface area contributed by atoms with E-state index in [9.17, 15) is 9.59 Å². The average Bonchev–Trinajstić information content (AvgIpc) is 3.12. The van der Waals surface area contributed by atoms with Gasteiger partial charge < -0.3 is 18.9 Å². The molecule has 0 bridgehead atoms. The predicted octanol–water partition coefficient (Wildman–Crippen LogP) is 2.23. The molecule has 1 aromatic carbocycles. The number of carbonyl (C=O) groups excluding carboxylic acids is 1. The van der Waals surface area contributed by atoms with E-state index in [0.717, 1.165) is 29.9 Å². The Morgan fingerprint density at radius 1 is 1.20 bits per heavy atom. The van der Waals surface area contributed by atoms with Gasteiger partial charge in [0.05, 0.1) is 20.3 Å². The van der Waals surface area contributed by atoms with Gasteiger partial charge in [-0.25, -0.2) is 0 Å². The van der Waals surface area contributed by atoms with E-state index < -0.39 is 0 Å². The number of ether oxygens (including phenoxy) is 2. The summed E-state index contributed by atoms with van der Waals surface area (Å²) >= 11 is 0. The number of amides is 1. The second-order valence-corrected chi connectivity index (χ2v) is 6.02. The van der Waals surface area contributed by atoms with Crippen LogP contribution in [0.1, 0.15) is 24.4 Å². The number of likely N-dealkylation sites (tertiary alicyclic amines) is 1. The van der Waals surface area contributed by atoms with Gasteiger partial charge in [0.25, 0.3) is 5.56 Å². The number of methoxy groups -OCH3 is 2. The lowest BCUT2D eigenvalue weighted by molar-refractivity contribution is -0.132. The Bertz CT molecular complexity index is 815. The molecule has 0 N–H and O–H groups in total. The van der Waals surface area contributed by atoms with E-state index in [1.54, 1.807) is 32.5 Å². The minimum Gasteiger partial charge on any atom is -0.497 e. The van der Waals surface area contributed by atoms with Gasteiger partial charge in [-0.2, -0.15) is 0 Å². The molecule has 0 radical (unpaired) electrons. The minimum absolute atomic E-state index is 0.0441. The summed E-state index contributed by atoms with van der Waals surface area (Å²) in [6, 6.07) is 10.4. The molecule has 1 amide bonds. The molecular formula is C19H22N2O4. The van der Waals surface area contributed by atoms with Gasteiger partial charge in [0.15, 0.2) is 0 Å². The first-order valence-corrected chi connectivity index (χ1v) is 8.31. The summed E-state index contributed by atoms with van der Waals surface area (Å²) in [4.78, 5) is 26.5. The molecular weight excluding hydrogens is 320 g/mol. The first kappa shape index (κ1) is 17.1. The summed E-state index contributed by atoms with van der Waals surface area (Å²) in [5, 5.41) is 0. The van der Waals surface area contributed by atoms with Crippen LogP contribution in [0.5, 0.6) is 11.5 Å². The lowest BCUT2D eigenvalue weighted by atomic mass is 10.0. The molecule has 1 saturated heterocycles. The number of aromatic nitrogens is 1. The van der Waals surface area contributed by atoms with Crippen molar-refractivity contribution in [2.45, 2.75) is 25.4 Å². The Hall–Kier alpha value is -2.76. The molecule has 0 spiro atoms. The molecule has 2 heterocycles. The molecule has 25 heavy (non-hydrogen) atoms. The zero-order valence-electron chi connectivity index (χ0n) is 14.5. The number of nitrogens with zero attached hydrogens (tertiary/aromatic N) is 2. The summed E-state index contributed by atoms with van der Waals surface area (Å²) in [5.41, 5.74) is 0.763. The van der Waals surface area contributed by atoms with Crippen LogP contribution in [0.2, 0.25) is 0 Å². The van der Waals surface area contributed by atoms with Crippen molar-refractivity contribution in [2.24, 2.45) is 0 Å². The van der Waals surface area contributed by atoms with Crippen LogP contribution in [0.4, 0.5) is 0 Å². The van der Waals surface area contributed by atoms with Crippen molar-refractivity contribution < 1.29 is 14.3 Å². The Labute approximate surface area is 146 Å². The molecule has 1 atom stereocenters. The summed E-state index contributed by atoms with van der Waals surface area (Å²) in [5.74, 6) is 1.40. The molecule has 0 saturated carbocycles. The fraction of sp³-hybridized carbons (Fsp3) is 0.368. The third-order valence-electron chi connectivity index (χ3n) is 4.57. The maximum atomic E-state index is 12.8. The fourth-order valence-corrected chi connectivity index (χ4v) is 3.32. The third kappa shape index (κ3) is 3.52. The fourth-order valence-electron chi connectivity index (χ4n) is 3.32. The van der Waals surface area contributed by atoms with Crippen LogP contribution in [0, 0.1) is 0 Å². The predicted molar refractivity (Wildman–Crippen MR) is 93.9 cm³/mol.